The van der Waals surface area contributed by atoms with Gasteiger partial charge in [-0.3, -0.25) is 4.79 Å². The van der Waals surface area contributed by atoms with Crippen LogP contribution >= 0.6 is 0 Å². The molecule has 0 rings (SSSR count). The molecule has 1 atom stereocenters. The average molecular weight is 216 g/mol. The van der Waals surface area contributed by atoms with E-state index < -0.39 is 6.10 Å². The van der Waals surface area contributed by atoms with E-state index >= 15 is 0 Å². The van der Waals surface area contributed by atoms with Gasteiger partial charge >= 0.3 is 5.97 Å². The molecule has 1 N–H and O–H groups in total. The molecule has 0 spiro atoms. The normalized spacial score (nSPS) is 12.5. The summed E-state index contributed by atoms with van der Waals surface area (Å²) < 4.78 is 4.96. The second-order valence-electron chi connectivity index (χ2n) is 4.04. The Balaban J connectivity index is 3.13. The predicted molar refractivity (Wildman–Crippen MR) is 60.6 cm³/mol. The highest BCUT2D eigenvalue weighted by Crippen LogP contribution is 2.05. The lowest BCUT2D eigenvalue weighted by Gasteiger charge is -2.05. The molecule has 0 saturated heterocycles. The minimum Gasteiger partial charge on any atom is -0.466 e. The Morgan fingerprint density at radius 2 is 1.80 bits per heavy atom. The molecule has 3 heteroatoms. The molecule has 0 bridgehead atoms. The molecule has 0 aliphatic rings. The average Bonchev–Trinajstić information content (AvgIpc) is 2.15. The first-order valence-corrected chi connectivity index (χ1v) is 6.00. The summed E-state index contributed by atoms with van der Waals surface area (Å²) >= 11 is 0. The maximum atomic E-state index is 11.0. The van der Waals surface area contributed by atoms with Gasteiger partial charge in [0.2, 0.25) is 0 Å². The molecule has 0 fully saturated rings. The van der Waals surface area contributed by atoms with E-state index in [2.05, 4.69) is 6.92 Å². The standard InChI is InChI=1S/C12H24O3/c1-3-4-5-6-7-8-9-15-12(14)10-11(2)13/h11,13H,3-10H2,1-2H3. The lowest BCUT2D eigenvalue weighted by Crippen LogP contribution is -2.13. The van der Waals surface area contributed by atoms with Gasteiger partial charge in [-0.15, -0.1) is 0 Å². The van der Waals surface area contributed by atoms with Crippen LogP contribution in [-0.4, -0.2) is 23.8 Å². The number of hydrogen-bond donors (Lipinski definition) is 1. The summed E-state index contributed by atoms with van der Waals surface area (Å²) in [6.45, 7) is 4.28. The van der Waals surface area contributed by atoms with Crippen molar-refractivity contribution < 1.29 is 14.6 Å². The number of unbranched alkanes of at least 4 members (excludes halogenated alkanes) is 5. The molecule has 3 nitrogen and oxygen atoms in total. The van der Waals surface area contributed by atoms with Gasteiger partial charge in [0.1, 0.15) is 0 Å². The number of hydrogen-bond acceptors (Lipinski definition) is 3. The summed E-state index contributed by atoms with van der Waals surface area (Å²) in [6.07, 6.45) is 6.63. The Morgan fingerprint density at radius 3 is 2.40 bits per heavy atom. The third kappa shape index (κ3) is 11.4. The van der Waals surface area contributed by atoms with Crippen LogP contribution in [0.3, 0.4) is 0 Å². The van der Waals surface area contributed by atoms with Crippen LogP contribution in [0, 0.1) is 0 Å². The molecule has 1 unspecified atom stereocenters. The molecule has 0 amide bonds. The largest absolute Gasteiger partial charge is 0.466 e. The fourth-order valence-corrected chi connectivity index (χ4v) is 1.37. The number of ether oxygens (including phenoxy) is 1. The van der Waals surface area contributed by atoms with Gasteiger partial charge in [-0.05, 0) is 13.3 Å². The second kappa shape index (κ2) is 9.97. The molecular formula is C12H24O3. The molecule has 0 aromatic carbocycles. The molecule has 0 heterocycles. The van der Waals surface area contributed by atoms with E-state index in [0.717, 1.165) is 12.8 Å². The molecule has 90 valence electrons. The van der Waals surface area contributed by atoms with Crippen LogP contribution in [0.1, 0.15) is 58.8 Å². The predicted octanol–water partition coefficient (Wildman–Crippen LogP) is 2.66. The van der Waals surface area contributed by atoms with Crippen LogP contribution in [-0.2, 0) is 9.53 Å². The van der Waals surface area contributed by atoms with Crippen molar-refractivity contribution in [3.8, 4) is 0 Å². The lowest BCUT2D eigenvalue weighted by molar-refractivity contribution is -0.145. The molecule has 0 aromatic rings. The second-order valence-corrected chi connectivity index (χ2v) is 4.04. The van der Waals surface area contributed by atoms with Crippen molar-refractivity contribution in [2.24, 2.45) is 0 Å². The maximum Gasteiger partial charge on any atom is 0.308 e. The first-order valence-electron chi connectivity index (χ1n) is 6.00. The Kier molecular flexibility index (Phi) is 9.59. The molecule has 0 radical (unpaired) electrons. The van der Waals surface area contributed by atoms with Crippen molar-refractivity contribution >= 4 is 5.97 Å². The van der Waals surface area contributed by atoms with E-state index in [0.29, 0.717) is 6.61 Å². The van der Waals surface area contributed by atoms with E-state index in [1.807, 2.05) is 0 Å². The minimum absolute atomic E-state index is 0.107. The monoisotopic (exact) mass is 216 g/mol. The van der Waals surface area contributed by atoms with Gasteiger partial charge in [0, 0.05) is 0 Å². The van der Waals surface area contributed by atoms with Gasteiger partial charge in [-0.25, -0.2) is 0 Å². The smallest absolute Gasteiger partial charge is 0.308 e. The van der Waals surface area contributed by atoms with Crippen LogP contribution in [0.5, 0.6) is 0 Å². The first kappa shape index (κ1) is 14.4. The number of esters is 1. The Morgan fingerprint density at radius 1 is 1.20 bits per heavy atom. The van der Waals surface area contributed by atoms with Crippen molar-refractivity contribution in [3.05, 3.63) is 0 Å². The van der Waals surface area contributed by atoms with Gasteiger partial charge in [0.15, 0.2) is 0 Å². The molecule has 0 saturated carbocycles. The number of rotatable bonds is 9. The van der Waals surface area contributed by atoms with E-state index in [1.54, 1.807) is 6.92 Å². The van der Waals surface area contributed by atoms with E-state index in [4.69, 9.17) is 9.84 Å². The fraction of sp³-hybridized carbons (Fsp3) is 0.917. The summed E-state index contributed by atoms with van der Waals surface area (Å²) in [7, 11) is 0. The molecular weight excluding hydrogens is 192 g/mol. The van der Waals surface area contributed by atoms with Crippen molar-refractivity contribution in [3.63, 3.8) is 0 Å². The third-order valence-corrected chi connectivity index (χ3v) is 2.22. The highest BCUT2D eigenvalue weighted by atomic mass is 16.5. The summed E-state index contributed by atoms with van der Waals surface area (Å²) in [5, 5.41) is 8.92. The van der Waals surface area contributed by atoms with Gasteiger partial charge in [-0.2, -0.15) is 0 Å². The quantitative estimate of drug-likeness (QED) is 0.476. The summed E-state index contributed by atoms with van der Waals surface area (Å²) in [4.78, 5) is 11.0. The van der Waals surface area contributed by atoms with Gasteiger partial charge in [-0.1, -0.05) is 39.0 Å². The SMILES string of the molecule is CCCCCCCCOC(=O)CC(C)O. The van der Waals surface area contributed by atoms with Crippen LogP contribution < -0.4 is 0 Å². The van der Waals surface area contributed by atoms with Crippen molar-refractivity contribution in [1.82, 2.24) is 0 Å². The Hall–Kier alpha value is -0.570. The third-order valence-electron chi connectivity index (χ3n) is 2.22. The van der Waals surface area contributed by atoms with E-state index in [1.165, 1.54) is 25.7 Å². The molecule has 0 aliphatic heterocycles. The minimum atomic E-state index is -0.595. The number of carbonyl (C=O) groups excluding carboxylic acids is 1. The van der Waals surface area contributed by atoms with Crippen LogP contribution in [0.15, 0.2) is 0 Å². The van der Waals surface area contributed by atoms with Gasteiger partial charge in [0.05, 0.1) is 19.1 Å². The van der Waals surface area contributed by atoms with Crippen LogP contribution in [0.4, 0.5) is 0 Å². The zero-order valence-electron chi connectivity index (χ0n) is 10.00. The van der Waals surface area contributed by atoms with Gasteiger partial charge < -0.3 is 9.84 Å². The zero-order chi connectivity index (χ0) is 11.5. The molecule has 15 heavy (non-hydrogen) atoms. The van der Waals surface area contributed by atoms with Crippen molar-refractivity contribution in [2.45, 2.75) is 64.9 Å². The van der Waals surface area contributed by atoms with Crippen LogP contribution in [0.25, 0.3) is 0 Å². The summed E-state index contributed by atoms with van der Waals surface area (Å²) in [6, 6.07) is 0. The summed E-state index contributed by atoms with van der Waals surface area (Å²) in [5.74, 6) is -0.293. The Labute approximate surface area is 92.8 Å². The molecule has 0 aromatic heterocycles. The molecule has 0 aliphatic carbocycles. The first-order chi connectivity index (χ1) is 7.16. The van der Waals surface area contributed by atoms with Gasteiger partial charge in [0.25, 0.3) is 0 Å². The van der Waals surface area contributed by atoms with E-state index in [-0.39, 0.29) is 12.4 Å². The zero-order valence-corrected chi connectivity index (χ0v) is 10.00. The highest BCUT2D eigenvalue weighted by molar-refractivity contribution is 5.69. The number of aliphatic hydroxyl groups excluding tert-OH is 1. The van der Waals surface area contributed by atoms with Crippen molar-refractivity contribution in [1.29, 1.82) is 0 Å². The fourth-order valence-electron chi connectivity index (χ4n) is 1.37. The maximum absolute atomic E-state index is 11.0. The lowest BCUT2D eigenvalue weighted by atomic mass is 10.1. The van der Waals surface area contributed by atoms with E-state index in [9.17, 15) is 4.79 Å². The van der Waals surface area contributed by atoms with Crippen LogP contribution in [0.2, 0.25) is 0 Å². The number of aliphatic hydroxyl groups is 1. The number of carbonyl (C=O) groups is 1. The topological polar surface area (TPSA) is 46.5 Å². The Bertz CT molecular complexity index is 155. The van der Waals surface area contributed by atoms with Crippen molar-refractivity contribution in [2.75, 3.05) is 6.61 Å². The highest BCUT2D eigenvalue weighted by Gasteiger charge is 2.06. The summed E-state index contributed by atoms with van der Waals surface area (Å²) in [5.41, 5.74) is 0.